The van der Waals surface area contributed by atoms with E-state index in [2.05, 4.69) is 5.32 Å². The van der Waals surface area contributed by atoms with Gasteiger partial charge in [0.1, 0.15) is 0 Å². The van der Waals surface area contributed by atoms with E-state index < -0.39 is 23.2 Å². The number of carboxylic acid groups (broad SMARTS) is 1. The molecule has 0 aliphatic heterocycles. The van der Waals surface area contributed by atoms with Crippen molar-refractivity contribution < 1.29 is 27.9 Å². The third-order valence-electron chi connectivity index (χ3n) is 6.03. The zero-order valence-electron chi connectivity index (χ0n) is 18.0. The van der Waals surface area contributed by atoms with Crippen LogP contribution in [0.4, 0.5) is 13.2 Å². The summed E-state index contributed by atoms with van der Waals surface area (Å²) in [5.74, 6) is -1.28. The Kier molecular flexibility index (Phi) is 7.67. The third-order valence-corrected chi connectivity index (χ3v) is 7.10. The normalized spacial score (nSPS) is 14.3. The number of nitrogens with one attached hydrogen (secondary N) is 1. The molecule has 1 saturated carbocycles. The number of carbonyl (C=O) groups is 2. The molecule has 0 unspecified atom stereocenters. The van der Waals surface area contributed by atoms with Crippen molar-refractivity contribution in [3.8, 4) is 0 Å². The van der Waals surface area contributed by atoms with E-state index in [0.29, 0.717) is 11.1 Å². The second-order valence-electron chi connectivity index (χ2n) is 8.36. The summed E-state index contributed by atoms with van der Waals surface area (Å²) in [5.41, 5.74) is 1.47. The topological polar surface area (TPSA) is 66.4 Å². The van der Waals surface area contributed by atoms with Gasteiger partial charge in [0.05, 0.1) is 22.2 Å². The molecule has 34 heavy (non-hydrogen) atoms. The first-order valence-electron chi connectivity index (χ1n) is 10.4. The van der Waals surface area contributed by atoms with Crippen molar-refractivity contribution >= 4 is 52.8 Å². The maximum absolute atomic E-state index is 13.3. The predicted molar refractivity (Wildman–Crippen MR) is 127 cm³/mol. The molecule has 1 aliphatic carbocycles. The first kappa shape index (κ1) is 26.5. The van der Waals surface area contributed by atoms with E-state index in [4.69, 9.17) is 5.11 Å². The molecule has 9 heteroatoms. The van der Waals surface area contributed by atoms with Crippen molar-refractivity contribution in [1.82, 2.24) is 5.32 Å². The zero-order valence-corrected chi connectivity index (χ0v) is 18.9. The molecule has 1 heterocycles. The maximum atomic E-state index is 13.3. The number of benzene rings is 2. The molecule has 4 rings (SSSR count). The van der Waals surface area contributed by atoms with Crippen molar-refractivity contribution in [2.24, 2.45) is 0 Å². The number of amides is 1. The summed E-state index contributed by atoms with van der Waals surface area (Å²) in [4.78, 5) is 26.2. The van der Waals surface area contributed by atoms with Crippen molar-refractivity contribution in [2.45, 2.75) is 44.8 Å². The van der Waals surface area contributed by atoms with Crippen LogP contribution in [0.5, 0.6) is 0 Å². The van der Waals surface area contributed by atoms with Crippen LogP contribution in [0.3, 0.4) is 0 Å². The van der Waals surface area contributed by atoms with Crippen molar-refractivity contribution in [3.63, 3.8) is 0 Å². The van der Waals surface area contributed by atoms with Crippen LogP contribution in [0.25, 0.3) is 0 Å². The second-order valence-corrected chi connectivity index (χ2v) is 9.79. The molecular weight excluding hydrogens is 474 g/mol. The van der Waals surface area contributed by atoms with Gasteiger partial charge in [-0.1, -0.05) is 30.3 Å². The van der Waals surface area contributed by atoms with E-state index in [-0.39, 0.29) is 47.4 Å². The van der Waals surface area contributed by atoms with Crippen molar-refractivity contribution in [1.29, 1.82) is 0 Å². The quantitative estimate of drug-likeness (QED) is 0.446. The Morgan fingerprint density at radius 2 is 1.71 bits per heavy atom. The fourth-order valence-electron chi connectivity index (χ4n) is 4.12. The van der Waals surface area contributed by atoms with Gasteiger partial charge in [-0.15, -0.1) is 11.3 Å². The van der Waals surface area contributed by atoms with Crippen LogP contribution in [0.15, 0.2) is 48.5 Å². The Bertz CT molecular complexity index is 1230. The minimum atomic E-state index is -4.43. The molecule has 2 aromatic carbocycles. The molecule has 1 aliphatic rings. The number of halogens is 3. The van der Waals surface area contributed by atoms with Gasteiger partial charge in [0, 0.05) is 9.75 Å². The second kappa shape index (κ2) is 9.85. The number of rotatable bonds is 6. The first-order valence-corrected chi connectivity index (χ1v) is 11.2. The van der Waals surface area contributed by atoms with Crippen LogP contribution in [0.1, 0.15) is 65.6 Å². The zero-order chi connectivity index (χ0) is 24.0. The summed E-state index contributed by atoms with van der Waals surface area (Å²) in [5, 5.41) is 12.2. The molecule has 0 saturated heterocycles. The molecule has 0 bridgehead atoms. The van der Waals surface area contributed by atoms with Gasteiger partial charge < -0.3 is 10.4 Å². The van der Waals surface area contributed by atoms with Gasteiger partial charge >= 0.3 is 41.7 Å². The molecule has 0 spiro atoms. The van der Waals surface area contributed by atoms with E-state index in [1.807, 2.05) is 13.8 Å². The number of alkyl halides is 3. The summed E-state index contributed by atoms with van der Waals surface area (Å²) in [6, 6.07) is 11.6. The van der Waals surface area contributed by atoms with Gasteiger partial charge in [-0.3, -0.25) is 4.79 Å². The van der Waals surface area contributed by atoms with Crippen LogP contribution in [0, 0.1) is 13.8 Å². The van der Waals surface area contributed by atoms with Crippen LogP contribution in [0.2, 0.25) is 0 Å². The Morgan fingerprint density at radius 1 is 1.06 bits per heavy atom. The number of carbonyl (C=O) groups excluding carboxylic acids is 1. The number of aryl methyl sites for hydroxylation is 2. The summed E-state index contributed by atoms with van der Waals surface area (Å²) in [6.07, 6.45) is -2.74. The van der Waals surface area contributed by atoms with E-state index in [1.165, 1.54) is 29.5 Å². The molecule has 1 amide bonds. The number of hydrogen-bond donors (Lipinski definition) is 2. The summed E-state index contributed by atoms with van der Waals surface area (Å²) >= 11 is 1.45. The van der Waals surface area contributed by atoms with Crippen molar-refractivity contribution in [2.75, 3.05) is 0 Å². The average Bonchev–Trinajstić information content (AvgIpc) is 3.47. The van der Waals surface area contributed by atoms with Gasteiger partial charge in [0.2, 0.25) is 0 Å². The molecule has 1 fully saturated rings. The fourth-order valence-corrected chi connectivity index (χ4v) is 5.20. The monoisotopic (exact) mass is 497 g/mol. The summed E-state index contributed by atoms with van der Waals surface area (Å²) in [6.45, 7) is 3.71. The van der Waals surface area contributed by atoms with Gasteiger partial charge in [-0.05, 0) is 68.0 Å². The van der Waals surface area contributed by atoms with E-state index in [1.54, 1.807) is 18.2 Å². The Hall–Kier alpha value is -2.13. The van der Waals surface area contributed by atoms with Crippen LogP contribution < -0.4 is 5.32 Å². The Labute approximate surface area is 221 Å². The number of aromatic carboxylic acids is 1. The molecule has 3 aromatic rings. The van der Waals surface area contributed by atoms with Gasteiger partial charge in [-0.25, -0.2) is 4.79 Å². The number of carboxylic acids is 1. The summed E-state index contributed by atoms with van der Waals surface area (Å²) < 4.78 is 39.4. The third kappa shape index (κ3) is 5.40. The molecule has 0 radical (unpaired) electrons. The molecule has 174 valence electrons. The first-order chi connectivity index (χ1) is 15.5. The van der Waals surface area contributed by atoms with Gasteiger partial charge in [0.25, 0.3) is 5.91 Å². The Morgan fingerprint density at radius 3 is 2.26 bits per heavy atom. The van der Waals surface area contributed by atoms with E-state index >= 15 is 0 Å². The molecule has 2 N–H and O–H groups in total. The minimum absolute atomic E-state index is 0. The molecule has 1 aromatic heterocycles. The van der Waals surface area contributed by atoms with E-state index in [9.17, 15) is 22.8 Å². The fraction of sp³-hybridized carbons (Fsp3) is 0.280. The van der Waals surface area contributed by atoms with Crippen LogP contribution >= 0.6 is 11.3 Å². The van der Waals surface area contributed by atoms with Gasteiger partial charge in [-0.2, -0.15) is 13.2 Å². The van der Waals surface area contributed by atoms with Gasteiger partial charge in [0.15, 0.2) is 0 Å². The summed E-state index contributed by atoms with van der Waals surface area (Å²) in [7, 11) is 0. The SMILES string of the molecule is Cc1sc(C)c(C(=O)NC2(c3ccc(C(=O)O)cc3)CC2)c1Cc1cccc(C(F)(F)F)c1.[NaH]. The number of hydrogen-bond acceptors (Lipinski definition) is 3. The van der Waals surface area contributed by atoms with Crippen LogP contribution in [-0.4, -0.2) is 46.5 Å². The van der Waals surface area contributed by atoms with Crippen molar-refractivity contribution in [3.05, 3.63) is 91.7 Å². The predicted octanol–water partition coefficient (Wildman–Crippen LogP) is 5.44. The number of thiophene rings is 1. The van der Waals surface area contributed by atoms with E-state index in [0.717, 1.165) is 45.9 Å². The molecule has 0 atom stereocenters. The van der Waals surface area contributed by atoms with Crippen LogP contribution in [-0.2, 0) is 18.1 Å². The Balaban J connectivity index is 0.00000324. The average molecular weight is 498 g/mol. The molecular formula is C25H23F3NNaO3S. The molecule has 4 nitrogen and oxygen atoms in total. The standard InChI is InChI=1S/C25H22F3NO3S.Na.H/c1-14-20(13-16-4-3-5-19(12-16)25(26,27)28)21(15(2)33-14)22(30)29-24(10-11-24)18-8-6-17(7-9-18)23(31)32;;/h3-9,12H,10-11,13H2,1-2H3,(H,29,30)(H,31,32);;.